The van der Waals surface area contributed by atoms with E-state index in [0.29, 0.717) is 81.1 Å². The van der Waals surface area contributed by atoms with Crippen LogP contribution in [0.15, 0.2) is 109 Å². The molecule has 0 radical (unpaired) electrons. The number of aromatic nitrogens is 6. The molecule has 3 fully saturated rings. The van der Waals surface area contributed by atoms with Gasteiger partial charge < -0.3 is 71.5 Å². The largest absolute Gasteiger partial charge is 1.00 e. The van der Waals surface area contributed by atoms with Crippen LogP contribution in [0.5, 0.6) is 11.8 Å². The quantitative estimate of drug-likeness (QED) is 0.0548. The molecule has 24 heteroatoms. The number of carbonyl (C=O) groups excluding carboxylic acids is 5. The summed E-state index contributed by atoms with van der Waals surface area (Å²) in [6, 6.07) is 35.4. The molecule has 0 bridgehead atoms. The van der Waals surface area contributed by atoms with Gasteiger partial charge in [-0.25, -0.2) is 24.5 Å². The molecule has 15 rings (SSSR count). The molecule has 3 aromatic carbocycles. The van der Waals surface area contributed by atoms with Gasteiger partial charge in [0.2, 0.25) is 11.8 Å². The Hall–Kier alpha value is -8.51. The van der Waals surface area contributed by atoms with Gasteiger partial charge in [-0.15, -0.1) is 0 Å². The normalized spacial score (nSPS) is 16.6. The number of amides is 5. The number of hydrogen-bond acceptors (Lipinski definition) is 14. The van der Waals surface area contributed by atoms with Gasteiger partial charge in [0.25, 0.3) is 17.7 Å². The summed E-state index contributed by atoms with van der Waals surface area (Å²) in [6.07, 6.45) is 6.57. The molecular formula is C73H84ClN12NaO10. The van der Waals surface area contributed by atoms with Gasteiger partial charge in [0.15, 0.2) is 0 Å². The molecule has 0 unspecified atom stereocenters. The van der Waals surface area contributed by atoms with Crippen LogP contribution in [0.25, 0.3) is 66.5 Å². The molecule has 12 heterocycles. The number of para-hydroxylation sites is 3. The van der Waals surface area contributed by atoms with E-state index in [0.717, 1.165) is 153 Å². The topological polar surface area (TPSA) is 283 Å². The SMILES string of the molecule is CC(C)(C)OC(=O)N1CCC(O)CC1.CC(C)(C)OC(=O)N1CCC(Oc2ccc3cccc(-c4cc5c([nH]4)CCNC5=O)c3n2)CC1.O=C1NCCc2[nH]c(-c3cccc4ccc(Cl)nc34)cc21.O=C1NCCc2[nH]c(-c3cccc4ccc(OC5CCNCC5)nc34)cc21.[H-].[Na+]. The fourth-order valence-electron chi connectivity index (χ4n) is 12.6. The summed E-state index contributed by atoms with van der Waals surface area (Å²) in [5.41, 5.74) is 12.3. The molecule has 3 saturated heterocycles. The zero-order chi connectivity index (χ0) is 67.3. The number of likely N-dealkylation sites (tertiary alicyclic amines) is 2. The van der Waals surface area contributed by atoms with E-state index in [1.165, 1.54) is 0 Å². The number of pyridine rings is 3. The van der Waals surface area contributed by atoms with E-state index in [1.807, 2.05) is 133 Å². The van der Waals surface area contributed by atoms with Crippen LogP contribution in [0.2, 0.25) is 5.15 Å². The number of nitrogens with zero attached hydrogens (tertiary/aromatic N) is 5. The summed E-state index contributed by atoms with van der Waals surface area (Å²) in [6.45, 7) is 17.5. The molecule has 0 saturated carbocycles. The van der Waals surface area contributed by atoms with Crippen molar-refractivity contribution in [2.45, 2.75) is 129 Å². The van der Waals surface area contributed by atoms with Crippen molar-refractivity contribution in [1.29, 1.82) is 0 Å². The number of hydrogen-bond donors (Lipinski definition) is 8. The third-order valence-corrected chi connectivity index (χ3v) is 17.6. The third kappa shape index (κ3) is 17.3. The molecule has 5 amide bonds. The van der Waals surface area contributed by atoms with Crippen molar-refractivity contribution in [3.05, 3.63) is 148 Å². The van der Waals surface area contributed by atoms with E-state index in [2.05, 4.69) is 53.3 Å². The monoisotopic (exact) mass is 1350 g/mol. The summed E-state index contributed by atoms with van der Waals surface area (Å²) in [4.78, 5) is 87.7. The first-order valence-corrected chi connectivity index (χ1v) is 33.6. The van der Waals surface area contributed by atoms with Crippen LogP contribution in [-0.4, -0.2) is 163 Å². The molecule has 9 aromatic rings. The second kappa shape index (κ2) is 30.5. The molecule has 0 spiro atoms. The Labute approximate surface area is 591 Å². The maximum atomic E-state index is 12.3. The van der Waals surface area contributed by atoms with Crippen molar-refractivity contribution in [2.24, 2.45) is 0 Å². The molecule has 0 aliphatic carbocycles. The van der Waals surface area contributed by atoms with Gasteiger partial charge in [0, 0.05) is 157 Å². The Bertz CT molecular complexity index is 4350. The summed E-state index contributed by atoms with van der Waals surface area (Å²) in [5.74, 6) is 1.14. The Morgan fingerprint density at radius 1 is 0.485 bits per heavy atom. The molecule has 97 heavy (non-hydrogen) atoms. The summed E-state index contributed by atoms with van der Waals surface area (Å²) >= 11 is 6.02. The molecule has 504 valence electrons. The fourth-order valence-corrected chi connectivity index (χ4v) is 12.7. The standard InChI is InChI=1S/C26H30N4O4.C21H22N4O2.C16H12ClN3O.C10H19NO3.Na.H/c1-26(2,3)34-25(32)30-13-10-17(11-14-30)33-22-8-7-16-5-4-6-18(23(16)29-22)21-15-19-20(28-21)9-12-27-24(19)31;26-21-16-12-18(24-17(16)8-11-23-21)15-3-1-2-13-4-5-19(25-20(13)15)27-14-6-9-22-10-7-14;17-14-5-4-9-2-1-3-10(15(9)20-14)13-8-11-12(19-13)6-7-18-16(11)21;1-10(2,3)14-9(13)11-6-4-8(12)5-7-11;;/h4-8,15,17,28H,9-14H2,1-3H3,(H,27,31);1-5,12,14,22,24H,6-11H2,(H,23,26);1-5,8,19H,6-7H2,(H,18,21);8,12H,4-7H2,1-3H3;;/q;;;;+1;-1. The van der Waals surface area contributed by atoms with Crippen LogP contribution in [-0.2, 0) is 28.7 Å². The minimum Gasteiger partial charge on any atom is -1.00 e. The Morgan fingerprint density at radius 2 is 0.845 bits per heavy atom. The van der Waals surface area contributed by atoms with Crippen LogP contribution >= 0.6 is 11.6 Å². The molecule has 22 nitrogen and oxygen atoms in total. The average molecular weight is 1350 g/mol. The summed E-state index contributed by atoms with van der Waals surface area (Å²) < 4.78 is 23.0. The Morgan fingerprint density at radius 3 is 1.23 bits per heavy atom. The van der Waals surface area contributed by atoms with Gasteiger partial charge in [-0.2, -0.15) is 0 Å². The van der Waals surface area contributed by atoms with Crippen LogP contribution < -0.4 is 60.3 Å². The van der Waals surface area contributed by atoms with Gasteiger partial charge in [0.1, 0.15) is 28.6 Å². The van der Waals surface area contributed by atoms with E-state index in [9.17, 15) is 29.1 Å². The molecular weight excluding hydrogens is 1260 g/mol. The van der Waals surface area contributed by atoms with Gasteiger partial charge >= 0.3 is 41.7 Å². The van der Waals surface area contributed by atoms with E-state index in [4.69, 9.17) is 40.5 Å². The molecule has 6 aliphatic heterocycles. The number of fused-ring (bicyclic) bond motifs is 6. The number of piperidine rings is 3. The number of aliphatic hydroxyl groups is 1. The Balaban J connectivity index is 0.000000147. The van der Waals surface area contributed by atoms with Crippen LogP contribution in [0, 0.1) is 0 Å². The third-order valence-electron chi connectivity index (χ3n) is 17.4. The number of aliphatic hydroxyl groups excluding tert-OH is 1. The van der Waals surface area contributed by atoms with Crippen molar-refractivity contribution in [3.63, 3.8) is 0 Å². The number of benzene rings is 3. The molecule has 8 N–H and O–H groups in total. The fraction of sp³-hybridized carbons (Fsp3) is 0.397. The first-order chi connectivity index (χ1) is 46.1. The predicted octanol–water partition coefficient (Wildman–Crippen LogP) is 8.60. The second-order valence-corrected chi connectivity index (χ2v) is 27.2. The maximum Gasteiger partial charge on any atom is 1.00 e. The van der Waals surface area contributed by atoms with Gasteiger partial charge in [-0.3, -0.25) is 14.4 Å². The summed E-state index contributed by atoms with van der Waals surface area (Å²) in [7, 11) is 0. The number of aromatic amines is 3. The van der Waals surface area contributed by atoms with Crippen molar-refractivity contribution in [3.8, 4) is 45.5 Å². The Kier molecular flexibility index (Phi) is 22.0. The number of carbonyl (C=O) groups is 5. The maximum absolute atomic E-state index is 12.3. The van der Waals surface area contributed by atoms with Crippen molar-refractivity contribution in [1.82, 2.24) is 61.0 Å². The van der Waals surface area contributed by atoms with E-state index >= 15 is 0 Å². The zero-order valence-electron chi connectivity index (χ0n) is 57.1. The van der Waals surface area contributed by atoms with Crippen molar-refractivity contribution >= 4 is 74.2 Å². The second-order valence-electron chi connectivity index (χ2n) is 26.9. The van der Waals surface area contributed by atoms with E-state index < -0.39 is 11.2 Å². The number of ether oxygens (including phenoxy) is 4. The van der Waals surface area contributed by atoms with E-state index in [1.54, 1.807) is 15.9 Å². The number of halogens is 1. The average Bonchev–Trinajstić information content (AvgIpc) is 1.57. The predicted molar refractivity (Wildman–Crippen MR) is 370 cm³/mol. The van der Waals surface area contributed by atoms with E-state index in [-0.39, 0.29) is 79.2 Å². The first-order valence-electron chi connectivity index (χ1n) is 33.2. The van der Waals surface area contributed by atoms with Gasteiger partial charge in [-0.05, 0) is 123 Å². The molecule has 0 atom stereocenters. The van der Waals surface area contributed by atoms with Crippen LogP contribution in [0.1, 0.15) is 130 Å². The smallest absolute Gasteiger partial charge is 1.00 e. The van der Waals surface area contributed by atoms with Gasteiger partial charge in [-0.1, -0.05) is 66.2 Å². The molecule has 6 aliphatic rings. The number of H-pyrrole nitrogens is 3. The van der Waals surface area contributed by atoms with Crippen LogP contribution in [0.4, 0.5) is 9.59 Å². The van der Waals surface area contributed by atoms with Crippen molar-refractivity contribution in [2.75, 3.05) is 58.9 Å². The minimum atomic E-state index is -0.501. The summed E-state index contributed by atoms with van der Waals surface area (Å²) in [5, 5.41) is 24.8. The minimum absolute atomic E-state index is 0. The van der Waals surface area contributed by atoms with Crippen molar-refractivity contribution < 1.29 is 79.0 Å². The van der Waals surface area contributed by atoms with Gasteiger partial charge in [0.05, 0.1) is 39.3 Å². The van der Waals surface area contributed by atoms with Crippen LogP contribution in [0.3, 0.4) is 0 Å². The number of rotatable bonds is 7. The molecule has 6 aromatic heterocycles. The number of nitrogens with one attached hydrogen (secondary N) is 7. The zero-order valence-corrected chi connectivity index (χ0v) is 58.8. The first kappa shape index (κ1) is 69.8.